The Kier molecular flexibility index (Phi) is 4.40. The first-order chi connectivity index (χ1) is 12.1. The number of hydrogen-bond acceptors (Lipinski definition) is 4. The first kappa shape index (κ1) is 16.5. The van der Waals surface area contributed by atoms with Crippen LogP contribution in [-0.4, -0.2) is 17.1 Å². The van der Waals surface area contributed by atoms with E-state index < -0.39 is 11.8 Å². The number of halogens is 2. The molecular formula is C19H13F2N3O. The van der Waals surface area contributed by atoms with Crippen molar-refractivity contribution in [1.29, 1.82) is 5.26 Å². The Labute approximate surface area is 143 Å². The van der Waals surface area contributed by atoms with Crippen LogP contribution < -0.4 is 4.74 Å². The van der Waals surface area contributed by atoms with E-state index in [-0.39, 0.29) is 28.0 Å². The van der Waals surface area contributed by atoms with Crippen molar-refractivity contribution in [3.05, 3.63) is 65.6 Å². The van der Waals surface area contributed by atoms with Crippen molar-refractivity contribution in [2.45, 2.75) is 6.92 Å². The van der Waals surface area contributed by atoms with Crippen molar-refractivity contribution in [3.8, 4) is 34.2 Å². The second kappa shape index (κ2) is 6.65. The number of pyridine rings is 2. The minimum absolute atomic E-state index is 0.0240. The van der Waals surface area contributed by atoms with Crippen molar-refractivity contribution >= 4 is 0 Å². The third-order valence-corrected chi connectivity index (χ3v) is 3.91. The molecule has 1 aromatic carbocycles. The van der Waals surface area contributed by atoms with Crippen molar-refractivity contribution in [2.75, 3.05) is 7.11 Å². The van der Waals surface area contributed by atoms with Gasteiger partial charge in [0, 0.05) is 23.5 Å². The van der Waals surface area contributed by atoms with E-state index in [0.717, 1.165) is 0 Å². The molecule has 25 heavy (non-hydrogen) atoms. The third-order valence-electron chi connectivity index (χ3n) is 3.91. The average Bonchev–Trinajstić information content (AvgIpc) is 2.63. The summed E-state index contributed by atoms with van der Waals surface area (Å²) < 4.78 is 34.9. The van der Waals surface area contributed by atoms with Crippen molar-refractivity contribution in [2.24, 2.45) is 0 Å². The van der Waals surface area contributed by atoms with E-state index in [1.807, 2.05) is 6.07 Å². The number of rotatable bonds is 3. The van der Waals surface area contributed by atoms with Gasteiger partial charge in [0.15, 0.2) is 0 Å². The summed E-state index contributed by atoms with van der Waals surface area (Å²) in [5.41, 5.74) is 0.770. The summed E-state index contributed by atoms with van der Waals surface area (Å²) in [4.78, 5) is 7.72. The lowest BCUT2D eigenvalue weighted by molar-refractivity contribution is 0.411. The van der Waals surface area contributed by atoms with Gasteiger partial charge in [-0.05, 0) is 36.8 Å². The summed E-state index contributed by atoms with van der Waals surface area (Å²) in [7, 11) is 1.31. The van der Waals surface area contributed by atoms with Gasteiger partial charge in [-0.1, -0.05) is 6.07 Å². The average molecular weight is 337 g/mol. The number of nitriles is 1. The summed E-state index contributed by atoms with van der Waals surface area (Å²) in [6.45, 7) is 1.61. The van der Waals surface area contributed by atoms with Crippen molar-refractivity contribution in [3.63, 3.8) is 0 Å². The van der Waals surface area contributed by atoms with Gasteiger partial charge in [0.1, 0.15) is 17.6 Å². The van der Waals surface area contributed by atoms with Crippen LogP contribution in [0.25, 0.3) is 22.4 Å². The Hall–Kier alpha value is -3.33. The van der Waals surface area contributed by atoms with E-state index in [1.165, 1.54) is 31.6 Å². The molecule has 0 spiro atoms. The Balaban J connectivity index is 2.47. The molecule has 2 aromatic heterocycles. The van der Waals surface area contributed by atoms with Crippen LogP contribution in [0.4, 0.5) is 8.78 Å². The highest BCUT2D eigenvalue weighted by atomic mass is 19.1. The Morgan fingerprint density at radius 2 is 1.80 bits per heavy atom. The molecule has 0 atom stereocenters. The highest BCUT2D eigenvalue weighted by Gasteiger charge is 2.27. The topological polar surface area (TPSA) is 58.8 Å². The van der Waals surface area contributed by atoms with Gasteiger partial charge in [-0.2, -0.15) is 9.65 Å². The molecule has 0 amide bonds. The largest absolute Gasteiger partial charge is 0.495 e. The van der Waals surface area contributed by atoms with Crippen LogP contribution in [0.3, 0.4) is 0 Å². The van der Waals surface area contributed by atoms with Gasteiger partial charge >= 0.3 is 0 Å². The standard InChI is InChI=1S/C19H13F2N3O/c1-11-13(10-22)18(25-2)16(12-6-5-9-24-19(12)21)17(20)15(11)14-7-3-4-8-23-14/h3-9H,1-2H3. The Morgan fingerprint density at radius 1 is 1.04 bits per heavy atom. The summed E-state index contributed by atoms with van der Waals surface area (Å²) in [5.74, 6) is -1.58. The molecule has 0 N–H and O–H groups in total. The second-order valence-electron chi connectivity index (χ2n) is 5.27. The summed E-state index contributed by atoms with van der Waals surface area (Å²) >= 11 is 0. The van der Waals surface area contributed by atoms with E-state index in [0.29, 0.717) is 11.3 Å². The molecular weight excluding hydrogens is 324 g/mol. The van der Waals surface area contributed by atoms with Crippen LogP contribution in [0.5, 0.6) is 5.75 Å². The van der Waals surface area contributed by atoms with Crippen LogP contribution in [0.2, 0.25) is 0 Å². The highest BCUT2D eigenvalue weighted by Crippen LogP contribution is 2.43. The number of methoxy groups -OCH3 is 1. The fourth-order valence-electron chi connectivity index (χ4n) is 2.78. The van der Waals surface area contributed by atoms with Gasteiger partial charge in [0.05, 0.1) is 23.9 Å². The van der Waals surface area contributed by atoms with Gasteiger partial charge in [0.2, 0.25) is 5.95 Å². The predicted octanol–water partition coefficient (Wildman–Crippen LogP) is 4.28. The van der Waals surface area contributed by atoms with E-state index in [4.69, 9.17) is 4.74 Å². The monoisotopic (exact) mass is 337 g/mol. The molecule has 0 saturated carbocycles. The molecule has 124 valence electrons. The molecule has 4 nitrogen and oxygen atoms in total. The maximum Gasteiger partial charge on any atom is 0.220 e. The smallest absolute Gasteiger partial charge is 0.220 e. The number of hydrogen-bond donors (Lipinski definition) is 0. The van der Waals surface area contributed by atoms with Gasteiger partial charge in [0.25, 0.3) is 0 Å². The normalized spacial score (nSPS) is 10.4. The van der Waals surface area contributed by atoms with Crippen LogP contribution >= 0.6 is 0 Å². The van der Waals surface area contributed by atoms with Crippen LogP contribution in [0.1, 0.15) is 11.1 Å². The molecule has 2 heterocycles. The van der Waals surface area contributed by atoms with E-state index in [1.54, 1.807) is 25.1 Å². The lowest BCUT2D eigenvalue weighted by atomic mass is 9.91. The SMILES string of the molecule is COc1c(C#N)c(C)c(-c2ccccn2)c(F)c1-c1cccnc1F. The minimum Gasteiger partial charge on any atom is -0.495 e. The van der Waals surface area contributed by atoms with Crippen molar-refractivity contribution < 1.29 is 13.5 Å². The molecule has 6 heteroatoms. The van der Waals surface area contributed by atoms with Gasteiger partial charge < -0.3 is 4.74 Å². The molecule has 0 saturated heterocycles. The Morgan fingerprint density at radius 3 is 2.40 bits per heavy atom. The first-order valence-electron chi connectivity index (χ1n) is 7.42. The number of ether oxygens (including phenoxy) is 1. The van der Waals surface area contributed by atoms with Gasteiger partial charge in [-0.15, -0.1) is 0 Å². The highest BCUT2D eigenvalue weighted by molar-refractivity contribution is 5.83. The summed E-state index contributed by atoms with van der Waals surface area (Å²) in [6.07, 6.45) is 2.79. The molecule has 0 aliphatic carbocycles. The predicted molar refractivity (Wildman–Crippen MR) is 88.8 cm³/mol. The van der Waals surface area contributed by atoms with Crippen LogP contribution in [-0.2, 0) is 0 Å². The Bertz CT molecular complexity index is 982. The first-order valence-corrected chi connectivity index (χ1v) is 7.42. The molecule has 0 radical (unpaired) electrons. The van der Waals surface area contributed by atoms with E-state index >= 15 is 4.39 Å². The molecule has 0 bridgehead atoms. The zero-order valence-corrected chi connectivity index (χ0v) is 13.5. The van der Waals surface area contributed by atoms with Crippen molar-refractivity contribution in [1.82, 2.24) is 9.97 Å². The van der Waals surface area contributed by atoms with E-state index in [2.05, 4.69) is 9.97 Å². The maximum atomic E-state index is 15.4. The van der Waals surface area contributed by atoms with Crippen LogP contribution in [0.15, 0.2) is 42.7 Å². The fourth-order valence-corrected chi connectivity index (χ4v) is 2.78. The zero-order valence-electron chi connectivity index (χ0n) is 13.5. The second-order valence-corrected chi connectivity index (χ2v) is 5.27. The maximum absolute atomic E-state index is 15.4. The molecule has 0 fully saturated rings. The zero-order chi connectivity index (χ0) is 18.0. The molecule has 0 aliphatic heterocycles. The lowest BCUT2D eigenvalue weighted by Gasteiger charge is -2.18. The fraction of sp³-hybridized carbons (Fsp3) is 0.105. The molecule has 0 aliphatic rings. The number of nitrogens with zero attached hydrogens (tertiary/aromatic N) is 3. The number of aromatic nitrogens is 2. The molecule has 3 aromatic rings. The van der Waals surface area contributed by atoms with Gasteiger partial charge in [-0.3, -0.25) is 4.98 Å². The quantitative estimate of drug-likeness (QED) is 0.670. The van der Waals surface area contributed by atoms with E-state index in [9.17, 15) is 9.65 Å². The summed E-state index contributed by atoms with van der Waals surface area (Å²) in [5, 5.41) is 9.55. The molecule has 3 rings (SSSR count). The van der Waals surface area contributed by atoms with Crippen LogP contribution in [0, 0.1) is 30.0 Å². The third kappa shape index (κ3) is 2.70. The minimum atomic E-state index is -0.848. The number of benzene rings is 1. The lowest BCUT2D eigenvalue weighted by Crippen LogP contribution is -2.04. The summed E-state index contributed by atoms with van der Waals surface area (Å²) in [6, 6.07) is 9.94. The molecule has 0 unspecified atom stereocenters. The van der Waals surface area contributed by atoms with Gasteiger partial charge in [-0.25, -0.2) is 9.37 Å².